The molecule has 1 amide bonds. The number of carbonyl (C=O) groups is 1. The Labute approximate surface area is 174 Å². The number of nitrogens with one attached hydrogen (secondary N) is 1. The molecular weight excluding hydrogens is 362 g/mol. The third kappa shape index (κ3) is 5.11. The van der Waals surface area contributed by atoms with Gasteiger partial charge in [0, 0.05) is 0 Å². The van der Waals surface area contributed by atoms with Gasteiger partial charge < -0.3 is 14.8 Å². The molecule has 3 rings (SSSR count). The molecule has 0 saturated heterocycles. The minimum absolute atomic E-state index is 0.0479. The highest BCUT2D eigenvalue weighted by atomic mass is 16.5. The van der Waals surface area contributed by atoms with Crippen LogP contribution in [-0.4, -0.2) is 19.1 Å². The molecule has 0 aromatic heterocycles. The molecular formula is C25H33NO3. The van der Waals surface area contributed by atoms with Gasteiger partial charge in [-0.3, -0.25) is 4.79 Å². The molecule has 0 unspecified atom stereocenters. The van der Waals surface area contributed by atoms with E-state index in [9.17, 15) is 4.79 Å². The minimum atomic E-state index is -0.495. The fraction of sp³-hybridized carbons (Fsp3) is 0.480. The van der Waals surface area contributed by atoms with Crippen molar-refractivity contribution in [3.05, 3.63) is 58.7 Å². The Morgan fingerprint density at radius 3 is 2.45 bits per heavy atom. The zero-order valence-electron chi connectivity index (χ0n) is 18.1. The summed E-state index contributed by atoms with van der Waals surface area (Å²) in [6.45, 7) is 6.09. The van der Waals surface area contributed by atoms with E-state index >= 15 is 0 Å². The van der Waals surface area contributed by atoms with Gasteiger partial charge in [0.2, 0.25) is 0 Å². The number of aryl methyl sites for hydroxylation is 3. The first-order valence-electron chi connectivity index (χ1n) is 10.8. The standard InChI is InChI=1S/C25H33NO3/c1-5-22(20-12-14-24(28-4)17(3)15-20)26-25(27)23(6-2)29-21-13-11-18-9-7-8-10-19(18)16-21/h11-16,22-23H,5-10H2,1-4H3,(H,26,27)/t22-,23-/m1/s1. The Morgan fingerprint density at radius 1 is 1.03 bits per heavy atom. The first-order chi connectivity index (χ1) is 14.0. The van der Waals surface area contributed by atoms with Gasteiger partial charge in [-0.25, -0.2) is 0 Å². The Kier molecular flexibility index (Phi) is 7.18. The third-order valence-electron chi connectivity index (χ3n) is 5.81. The average Bonchev–Trinajstić information content (AvgIpc) is 2.75. The van der Waals surface area contributed by atoms with Crippen LogP contribution < -0.4 is 14.8 Å². The van der Waals surface area contributed by atoms with Crippen molar-refractivity contribution < 1.29 is 14.3 Å². The van der Waals surface area contributed by atoms with Gasteiger partial charge in [0.25, 0.3) is 5.91 Å². The Hall–Kier alpha value is -2.49. The van der Waals surface area contributed by atoms with Gasteiger partial charge in [0.15, 0.2) is 6.10 Å². The lowest BCUT2D eigenvalue weighted by Crippen LogP contribution is -2.40. The minimum Gasteiger partial charge on any atom is -0.496 e. The van der Waals surface area contributed by atoms with E-state index in [2.05, 4.69) is 30.4 Å². The van der Waals surface area contributed by atoms with Crippen LogP contribution in [0.1, 0.15) is 67.8 Å². The number of amides is 1. The Bertz CT molecular complexity index is 846. The Balaban J connectivity index is 1.69. The molecule has 0 heterocycles. The predicted molar refractivity (Wildman–Crippen MR) is 117 cm³/mol. The number of ether oxygens (including phenoxy) is 2. The van der Waals surface area contributed by atoms with Crippen molar-refractivity contribution in [1.82, 2.24) is 5.32 Å². The number of benzene rings is 2. The third-order valence-corrected chi connectivity index (χ3v) is 5.81. The van der Waals surface area contributed by atoms with Crippen LogP contribution in [0.4, 0.5) is 0 Å². The summed E-state index contributed by atoms with van der Waals surface area (Å²) in [5, 5.41) is 3.18. The molecule has 4 nitrogen and oxygen atoms in total. The zero-order valence-corrected chi connectivity index (χ0v) is 18.1. The van der Waals surface area contributed by atoms with Gasteiger partial charge in [0.1, 0.15) is 11.5 Å². The first kappa shape index (κ1) is 21.2. The van der Waals surface area contributed by atoms with Gasteiger partial charge >= 0.3 is 0 Å². The summed E-state index contributed by atoms with van der Waals surface area (Å²) in [7, 11) is 1.67. The summed E-state index contributed by atoms with van der Waals surface area (Å²) < 4.78 is 11.4. The second kappa shape index (κ2) is 9.82. The molecule has 0 bridgehead atoms. The molecule has 2 aromatic carbocycles. The molecule has 2 atom stereocenters. The maximum atomic E-state index is 13.0. The molecule has 0 spiro atoms. The zero-order chi connectivity index (χ0) is 20.8. The van der Waals surface area contributed by atoms with Gasteiger partial charge in [-0.15, -0.1) is 0 Å². The quantitative estimate of drug-likeness (QED) is 0.659. The van der Waals surface area contributed by atoms with Gasteiger partial charge in [-0.05, 0) is 85.9 Å². The highest BCUT2D eigenvalue weighted by Gasteiger charge is 2.23. The van der Waals surface area contributed by atoms with Crippen LogP contribution in [0.15, 0.2) is 36.4 Å². The van der Waals surface area contributed by atoms with E-state index in [1.165, 1.54) is 24.0 Å². The van der Waals surface area contributed by atoms with Gasteiger partial charge in [0.05, 0.1) is 13.2 Å². The lowest BCUT2D eigenvalue weighted by molar-refractivity contribution is -0.128. The molecule has 0 radical (unpaired) electrons. The molecule has 29 heavy (non-hydrogen) atoms. The largest absolute Gasteiger partial charge is 0.496 e. The number of carbonyl (C=O) groups excluding carboxylic acids is 1. The van der Waals surface area contributed by atoms with Crippen molar-refractivity contribution in [3.63, 3.8) is 0 Å². The van der Waals surface area contributed by atoms with Crippen molar-refractivity contribution in [1.29, 1.82) is 0 Å². The summed E-state index contributed by atoms with van der Waals surface area (Å²) in [5.41, 5.74) is 4.93. The van der Waals surface area contributed by atoms with Crippen LogP contribution in [0, 0.1) is 6.92 Å². The van der Waals surface area contributed by atoms with Gasteiger partial charge in [-0.2, -0.15) is 0 Å². The number of rotatable bonds is 8. The van der Waals surface area contributed by atoms with Crippen molar-refractivity contribution in [2.75, 3.05) is 7.11 Å². The summed E-state index contributed by atoms with van der Waals surface area (Å²) in [4.78, 5) is 13.0. The number of hydrogen-bond donors (Lipinski definition) is 1. The molecule has 0 saturated carbocycles. The molecule has 2 aromatic rings. The first-order valence-corrected chi connectivity index (χ1v) is 10.8. The molecule has 0 aliphatic heterocycles. The lowest BCUT2D eigenvalue weighted by Gasteiger charge is -2.24. The van der Waals surface area contributed by atoms with Crippen molar-refractivity contribution >= 4 is 5.91 Å². The maximum absolute atomic E-state index is 13.0. The van der Waals surface area contributed by atoms with Crippen molar-refractivity contribution in [3.8, 4) is 11.5 Å². The van der Waals surface area contributed by atoms with E-state index in [0.717, 1.165) is 41.9 Å². The van der Waals surface area contributed by atoms with Crippen LogP contribution >= 0.6 is 0 Å². The maximum Gasteiger partial charge on any atom is 0.261 e. The van der Waals surface area contributed by atoms with Crippen LogP contribution in [-0.2, 0) is 17.6 Å². The van der Waals surface area contributed by atoms with E-state index in [4.69, 9.17) is 9.47 Å². The number of fused-ring (bicyclic) bond motifs is 1. The normalized spacial score (nSPS) is 15.2. The van der Waals surface area contributed by atoms with E-state index in [1.807, 2.05) is 32.0 Å². The molecule has 4 heteroatoms. The lowest BCUT2D eigenvalue weighted by atomic mass is 9.92. The van der Waals surface area contributed by atoms with E-state index in [-0.39, 0.29) is 11.9 Å². The van der Waals surface area contributed by atoms with E-state index in [1.54, 1.807) is 7.11 Å². The second-order valence-electron chi connectivity index (χ2n) is 7.85. The van der Waals surface area contributed by atoms with Crippen LogP contribution in [0.5, 0.6) is 11.5 Å². The summed E-state index contributed by atoms with van der Waals surface area (Å²) in [5.74, 6) is 1.59. The van der Waals surface area contributed by atoms with E-state index in [0.29, 0.717) is 6.42 Å². The summed E-state index contributed by atoms with van der Waals surface area (Å²) >= 11 is 0. The van der Waals surface area contributed by atoms with Crippen LogP contribution in [0.25, 0.3) is 0 Å². The molecule has 0 fully saturated rings. The van der Waals surface area contributed by atoms with Crippen molar-refractivity contribution in [2.24, 2.45) is 0 Å². The second-order valence-corrected chi connectivity index (χ2v) is 7.85. The average molecular weight is 396 g/mol. The molecule has 1 aliphatic carbocycles. The summed E-state index contributed by atoms with van der Waals surface area (Å²) in [6, 6.07) is 12.3. The monoisotopic (exact) mass is 395 g/mol. The topological polar surface area (TPSA) is 47.6 Å². The summed E-state index contributed by atoms with van der Waals surface area (Å²) in [6.07, 6.45) is 5.68. The molecule has 1 aliphatic rings. The molecule has 156 valence electrons. The van der Waals surface area contributed by atoms with Crippen LogP contribution in [0.2, 0.25) is 0 Å². The highest BCUT2D eigenvalue weighted by Crippen LogP contribution is 2.27. The predicted octanol–water partition coefficient (Wildman–Crippen LogP) is 5.31. The number of hydrogen-bond acceptors (Lipinski definition) is 3. The van der Waals surface area contributed by atoms with Crippen molar-refractivity contribution in [2.45, 2.75) is 71.4 Å². The molecule has 1 N–H and O–H groups in total. The fourth-order valence-corrected chi connectivity index (χ4v) is 4.07. The fourth-order valence-electron chi connectivity index (χ4n) is 4.07. The highest BCUT2D eigenvalue weighted by molar-refractivity contribution is 5.81. The van der Waals surface area contributed by atoms with Crippen LogP contribution in [0.3, 0.4) is 0 Å². The Morgan fingerprint density at radius 2 is 1.79 bits per heavy atom. The van der Waals surface area contributed by atoms with E-state index < -0.39 is 6.10 Å². The smallest absolute Gasteiger partial charge is 0.261 e. The SMILES string of the molecule is CC[C@@H](Oc1ccc2c(c1)CCCC2)C(=O)N[C@H](CC)c1ccc(OC)c(C)c1. The van der Waals surface area contributed by atoms with Gasteiger partial charge in [-0.1, -0.05) is 32.0 Å². The number of methoxy groups -OCH3 is 1.